The van der Waals surface area contributed by atoms with Crippen molar-refractivity contribution in [3.63, 3.8) is 0 Å². The van der Waals surface area contributed by atoms with E-state index in [4.69, 9.17) is 11.6 Å². The van der Waals surface area contributed by atoms with Crippen LogP contribution in [0.2, 0.25) is 0 Å². The Morgan fingerprint density at radius 2 is 1.67 bits per heavy atom. The Balaban J connectivity index is 2.34. The normalized spacial score (nSPS) is 11.2. The number of halogens is 4. The minimum Gasteiger partial charge on any atom is -0.322 e. The highest BCUT2D eigenvalue weighted by Crippen LogP contribution is 2.32. The summed E-state index contributed by atoms with van der Waals surface area (Å²) in [5, 5.41) is 2.47. The molecule has 0 aliphatic carbocycles. The zero-order valence-corrected chi connectivity index (χ0v) is 11.5. The molecule has 0 saturated heterocycles. The van der Waals surface area contributed by atoms with E-state index < -0.39 is 23.2 Å². The molecule has 2 rings (SSSR count). The van der Waals surface area contributed by atoms with Crippen LogP contribution in [0.5, 0.6) is 0 Å². The molecule has 1 N–H and O–H groups in total. The Labute approximate surface area is 124 Å². The Morgan fingerprint density at radius 1 is 1.05 bits per heavy atom. The molecule has 0 aliphatic rings. The number of hydrogen-bond donors (Lipinski definition) is 1. The minimum atomic E-state index is -4.58. The third-order valence-electron chi connectivity index (χ3n) is 2.89. The Kier molecular flexibility index (Phi) is 4.53. The second-order valence-electron chi connectivity index (χ2n) is 4.29. The molecule has 21 heavy (non-hydrogen) atoms. The van der Waals surface area contributed by atoms with E-state index in [2.05, 4.69) is 5.32 Å². The second kappa shape index (κ2) is 6.18. The molecule has 0 spiro atoms. The van der Waals surface area contributed by atoms with Crippen molar-refractivity contribution in [2.45, 2.75) is 12.1 Å². The zero-order chi connectivity index (χ0) is 15.5. The second-order valence-corrected chi connectivity index (χ2v) is 4.56. The van der Waals surface area contributed by atoms with Crippen LogP contribution in [-0.4, -0.2) is 5.91 Å². The van der Waals surface area contributed by atoms with E-state index >= 15 is 0 Å². The summed E-state index contributed by atoms with van der Waals surface area (Å²) >= 11 is 5.73. The van der Waals surface area contributed by atoms with Gasteiger partial charge in [-0.3, -0.25) is 4.79 Å². The molecular weight excluding hydrogens is 303 g/mol. The van der Waals surface area contributed by atoms with E-state index in [1.54, 1.807) is 24.3 Å². The van der Waals surface area contributed by atoms with Crippen molar-refractivity contribution in [2.24, 2.45) is 0 Å². The van der Waals surface area contributed by atoms with E-state index in [0.717, 1.165) is 12.1 Å². The van der Waals surface area contributed by atoms with Gasteiger partial charge >= 0.3 is 6.18 Å². The van der Waals surface area contributed by atoms with Crippen LogP contribution in [0.1, 0.15) is 21.5 Å². The van der Waals surface area contributed by atoms with Gasteiger partial charge in [0.05, 0.1) is 11.1 Å². The van der Waals surface area contributed by atoms with Crippen LogP contribution in [-0.2, 0) is 12.1 Å². The van der Waals surface area contributed by atoms with Gasteiger partial charge in [0.2, 0.25) is 0 Å². The molecule has 0 radical (unpaired) electrons. The first kappa shape index (κ1) is 15.4. The lowest BCUT2D eigenvalue weighted by Crippen LogP contribution is -2.19. The monoisotopic (exact) mass is 313 g/mol. The maximum atomic E-state index is 12.9. The summed E-state index contributed by atoms with van der Waals surface area (Å²) in [7, 11) is 0. The molecule has 2 nitrogen and oxygen atoms in total. The summed E-state index contributed by atoms with van der Waals surface area (Å²) in [5.41, 5.74) is -0.355. The summed E-state index contributed by atoms with van der Waals surface area (Å²) in [6, 6.07) is 11.3. The number of alkyl halides is 4. The van der Waals surface area contributed by atoms with Crippen LogP contribution < -0.4 is 5.32 Å². The number of carbonyl (C=O) groups is 1. The van der Waals surface area contributed by atoms with Crippen LogP contribution in [0, 0.1) is 0 Å². The Morgan fingerprint density at radius 3 is 2.33 bits per heavy atom. The van der Waals surface area contributed by atoms with E-state index in [0.29, 0.717) is 11.3 Å². The summed E-state index contributed by atoms with van der Waals surface area (Å²) in [4.78, 5) is 12.1. The number of rotatable bonds is 3. The highest BCUT2D eigenvalue weighted by molar-refractivity contribution is 6.17. The van der Waals surface area contributed by atoms with E-state index in [1.165, 1.54) is 12.1 Å². The summed E-state index contributed by atoms with van der Waals surface area (Å²) in [5.74, 6) is -0.669. The van der Waals surface area contributed by atoms with Crippen molar-refractivity contribution in [3.8, 4) is 0 Å². The van der Waals surface area contributed by atoms with Crippen LogP contribution in [0.4, 0.5) is 18.9 Å². The van der Waals surface area contributed by atoms with Crippen LogP contribution in [0.15, 0.2) is 48.5 Å². The lowest BCUT2D eigenvalue weighted by atomic mass is 10.1. The largest absolute Gasteiger partial charge is 0.417 e. The van der Waals surface area contributed by atoms with Crippen LogP contribution >= 0.6 is 11.6 Å². The van der Waals surface area contributed by atoms with Crippen molar-refractivity contribution in [1.82, 2.24) is 0 Å². The van der Waals surface area contributed by atoms with Gasteiger partial charge in [0.1, 0.15) is 0 Å². The van der Waals surface area contributed by atoms with Gasteiger partial charge in [0, 0.05) is 11.6 Å². The molecule has 0 aliphatic heterocycles. The molecule has 0 saturated carbocycles. The zero-order valence-electron chi connectivity index (χ0n) is 10.7. The number of para-hydroxylation sites is 1. The van der Waals surface area contributed by atoms with Crippen molar-refractivity contribution in [3.05, 3.63) is 65.2 Å². The van der Waals surface area contributed by atoms with E-state index in [9.17, 15) is 18.0 Å². The van der Waals surface area contributed by atoms with Crippen molar-refractivity contribution >= 4 is 23.2 Å². The number of carbonyl (C=O) groups excluding carboxylic acids is 1. The number of amides is 1. The van der Waals surface area contributed by atoms with Gasteiger partial charge in [-0.1, -0.05) is 30.3 Å². The molecule has 2 aromatic rings. The Bertz CT molecular complexity index is 655. The molecular formula is C15H11ClF3NO. The molecule has 0 aromatic heterocycles. The van der Waals surface area contributed by atoms with Crippen LogP contribution in [0.3, 0.4) is 0 Å². The molecule has 1 amide bonds. The standard InChI is InChI=1S/C15H11ClF3NO/c16-9-10-5-1-4-8-13(10)20-14(21)11-6-2-3-7-12(11)15(17,18)19/h1-8H,9H2,(H,20,21). The fourth-order valence-electron chi connectivity index (χ4n) is 1.88. The third-order valence-corrected chi connectivity index (χ3v) is 3.17. The summed E-state index contributed by atoms with van der Waals surface area (Å²) < 4.78 is 38.7. The maximum absolute atomic E-state index is 12.9. The summed E-state index contributed by atoms with van der Waals surface area (Å²) in [6.45, 7) is 0. The fourth-order valence-corrected chi connectivity index (χ4v) is 2.11. The molecule has 6 heteroatoms. The average Bonchev–Trinajstić information content (AvgIpc) is 2.47. The van der Waals surface area contributed by atoms with Gasteiger partial charge < -0.3 is 5.32 Å². The molecule has 0 heterocycles. The first-order chi connectivity index (χ1) is 9.93. The molecule has 0 bridgehead atoms. The number of nitrogens with one attached hydrogen (secondary N) is 1. The van der Waals surface area contributed by atoms with E-state index in [1.807, 2.05) is 0 Å². The molecule has 0 unspecified atom stereocenters. The number of benzene rings is 2. The minimum absolute atomic E-state index is 0.150. The smallest absolute Gasteiger partial charge is 0.322 e. The fraction of sp³-hybridized carbons (Fsp3) is 0.133. The Hall–Kier alpha value is -2.01. The van der Waals surface area contributed by atoms with Gasteiger partial charge in [-0.2, -0.15) is 13.2 Å². The predicted octanol–water partition coefficient (Wildman–Crippen LogP) is 4.70. The highest BCUT2D eigenvalue weighted by atomic mass is 35.5. The topological polar surface area (TPSA) is 29.1 Å². The number of hydrogen-bond acceptors (Lipinski definition) is 1. The van der Waals surface area contributed by atoms with Crippen molar-refractivity contribution < 1.29 is 18.0 Å². The van der Waals surface area contributed by atoms with Crippen LogP contribution in [0.25, 0.3) is 0 Å². The molecule has 0 fully saturated rings. The highest BCUT2D eigenvalue weighted by Gasteiger charge is 2.34. The lowest BCUT2D eigenvalue weighted by Gasteiger charge is -2.14. The maximum Gasteiger partial charge on any atom is 0.417 e. The SMILES string of the molecule is O=C(Nc1ccccc1CCl)c1ccccc1C(F)(F)F. The first-order valence-electron chi connectivity index (χ1n) is 6.05. The quantitative estimate of drug-likeness (QED) is 0.818. The summed E-state index contributed by atoms with van der Waals surface area (Å²) in [6.07, 6.45) is -4.58. The molecule has 2 aromatic carbocycles. The van der Waals surface area contributed by atoms with Gasteiger partial charge in [-0.05, 0) is 23.8 Å². The number of anilines is 1. The average molecular weight is 314 g/mol. The van der Waals surface area contributed by atoms with Crippen molar-refractivity contribution in [2.75, 3.05) is 5.32 Å². The third kappa shape index (κ3) is 3.55. The van der Waals surface area contributed by atoms with Gasteiger partial charge in [-0.25, -0.2) is 0 Å². The van der Waals surface area contributed by atoms with Crippen molar-refractivity contribution in [1.29, 1.82) is 0 Å². The molecule has 110 valence electrons. The lowest BCUT2D eigenvalue weighted by molar-refractivity contribution is -0.137. The first-order valence-corrected chi connectivity index (χ1v) is 6.58. The van der Waals surface area contributed by atoms with Gasteiger partial charge in [0.25, 0.3) is 5.91 Å². The van der Waals surface area contributed by atoms with E-state index in [-0.39, 0.29) is 5.88 Å². The van der Waals surface area contributed by atoms with Gasteiger partial charge in [0.15, 0.2) is 0 Å². The van der Waals surface area contributed by atoms with Gasteiger partial charge in [-0.15, -0.1) is 11.6 Å². The predicted molar refractivity (Wildman–Crippen MR) is 75.4 cm³/mol. The molecule has 0 atom stereocenters.